The summed E-state index contributed by atoms with van der Waals surface area (Å²) in [5.74, 6) is 1.05. The lowest BCUT2D eigenvalue weighted by molar-refractivity contribution is -0.121. The number of ether oxygens (including phenoxy) is 2. The van der Waals surface area contributed by atoms with Gasteiger partial charge in [-0.1, -0.05) is 35.5 Å². The van der Waals surface area contributed by atoms with E-state index in [0.29, 0.717) is 30.2 Å². The Balaban J connectivity index is 1.61. The average molecular weight is 468 g/mol. The number of carbonyl (C=O) groups excluding carboxylic acids is 1. The molecule has 0 aliphatic heterocycles. The minimum Gasteiger partial charge on any atom is -0.493 e. The van der Waals surface area contributed by atoms with Crippen molar-refractivity contribution < 1.29 is 18.8 Å². The van der Waals surface area contributed by atoms with Crippen molar-refractivity contribution in [3.05, 3.63) is 76.3 Å². The van der Waals surface area contributed by atoms with E-state index in [9.17, 15) is 4.79 Å². The molecular weight excluding hydrogens is 442 g/mol. The van der Waals surface area contributed by atoms with E-state index in [0.717, 1.165) is 27.6 Å². The van der Waals surface area contributed by atoms with Gasteiger partial charge >= 0.3 is 0 Å². The highest BCUT2D eigenvalue weighted by atomic mass is 35.5. The van der Waals surface area contributed by atoms with Crippen LogP contribution in [0.25, 0.3) is 10.9 Å². The molecule has 2 heterocycles. The number of halogens is 1. The van der Waals surface area contributed by atoms with E-state index in [-0.39, 0.29) is 23.5 Å². The smallest absolute Gasteiger partial charge is 0.229 e. The number of hydrogen-bond donors (Lipinski definition) is 2. The number of methoxy groups -OCH3 is 2. The molecule has 0 spiro atoms. The first-order chi connectivity index (χ1) is 16.0. The lowest BCUT2D eigenvalue weighted by atomic mass is 9.89. The number of aromatic amines is 1. The van der Waals surface area contributed by atoms with Gasteiger partial charge in [0.1, 0.15) is 0 Å². The summed E-state index contributed by atoms with van der Waals surface area (Å²) in [5, 5.41) is 8.24. The van der Waals surface area contributed by atoms with Crippen molar-refractivity contribution in [3.8, 4) is 11.5 Å². The third-order valence-electron chi connectivity index (χ3n) is 5.85. The van der Waals surface area contributed by atoms with Crippen molar-refractivity contribution in [2.24, 2.45) is 0 Å². The van der Waals surface area contributed by atoms with Crippen LogP contribution in [0.1, 0.15) is 34.7 Å². The molecule has 4 aromatic rings. The molecule has 1 amide bonds. The van der Waals surface area contributed by atoms with Gasteiger partial charge in [-0.05, 0) is 42.6 Å². The molecule has 8 heteroatoms. The van der Waals surface area contributed by atoms with E-state index < -0.39 is 0 Å². The molecule has 0 aliphatic carbocycles. The summed E-state index contributed by atoms with van der Waals surface area (Å²) in [5.41, 5.74) is 4.48. The van der Waals surface area contributed by atoms with E-state index in [2.05, 4.69) is 21.5 Å². The highest BCUT2D eigenvalue weighted by molar-refractivity contribution is 6.29. The van der Waals surface area contributed by atoms with Gasteiger partial charge in [-0.3, -0.25) is 4.79 Å². The van der Waals surface area contributed by atoms with Gasteiger partial charge in [0.2, 0.25) is 11.1 Å². The molecule has 172 valence electrons. The van der Waals surface area contributed by atoms with Gasteiger partial charge in [-0.25, -0.2) is 0 Å². The second-order valence-electron chi connectivity index (χ2n) is 7.75. The number of aryl methyl sites for hydroxylation is 1. The summed E-state index contributed by atoms with van der Waals surface area (Å²) >= 11 is 6.03. The summed E-state index contributed by atoms with van der Waals surface area (Å²) in [7, 11) is 3.24. The molecule has 0 aliphatic rings. The summed E-state index contributed by atoms with van der Waals surface area (Å²) in [6.07, 6.45) is 2.72. The first-order valence-electron chi connectivity index (χ1n) is 10.7. The standard InChI is InChI=1S/C25H26ClN3O4/c1-15-16(25(26)33-29-15)11-12-23(30)28-14-20(18-8-6-10-22(31-2)24(18)32-3)19-13-27-21-9-5-4-7-17(19)21/h4-10,13,20,27H,11-12,14H2,1-3H3,(H,28,30). The van der Waals surface area contributed by atoms with Gasteiger partial charge in [-0.15, -0.1) is 0 Å². The Morgan fingerprint density at radius 1 is 1.15 bits per heavy atom. The molecule has 1 atom stereocenters. The van der Waals surface area contributed by atoms with E-state index in [1.807, 2.05) is 49.5 Å². The lowest BCUT2D eigenvalue weighted by Crippen LogP contribution is -2.29. The number of fused-ring (bicyclic) bond motifs is 1. The maximum Gasteiger partial charge on any atom is 0.229 e. The number of H-pyrrole nitrogens is 1. The molecular formula is C25H26ClN3O4. The third kappa shape index (κ3) is 4.68. The molecule has 7 nitrogen and oxygen atoms in total. The molecule has 0 saturated carbocycles. The van der Waals surface area contributed by atoms with Crippen LogP contribution in [-0.2, 0) is 11.2 Å². The number of nitrogens with zero attached hydrogens (tertiary/aromatic N) is 1. The quantitative estimate of drug-likeness (QED) is 0.361. The number of aromatic nitrogens is 2. The molecule has 1 unspecified atom stereocenters. The van der Waals surface area contributed by atoms with E-state index in [1.54, 1.807) is 14.2 Å². The zero-order valence-electron chi connectivity index (χ0n) is 18.8. The topological polar surface area (TPSA) is 89.4 Å². The van der Waals surface area contributed by atoms with Crippen LogP contribution < -0.4 is 14.8 Å². The van der Waals surface area contributed by atoms with Crippen LogP contribution in [0.3, 0.4) is 0 Å². The fourth-order valence-electron chi connectivity index (χ4n) is 4.14. The lowest BCUT2D eigenvalue weighted by Gasteiger charge is -2.22. The highest BCUT2D eigenvalue weighted by Gasteiger charge is 2.24. The Kier molecular flexibility index (Phi) is 6.89. The van der Waals surface area contributed by atoms with Crippen molar-refractivity contribution in [2.75, 3.05) is 20.8 Å². The zero-order chi connectivity index (χ0) is 23.4. The predicted octanol–water partition coefficient (Wildman–Crippen LogP) is 5.02. The number of rotatable bonds is 9. The number of hydrogen-bond acceptors (Lipinski definition) is 5. The van der Waals surface area contributed by atoms with Gasteiger partial charge in [0, 0.05) is 47.1 Å². The SMILES string of the molecule is COc1cccc(C(CNC(=O)CCc2c(C)noc2Cl)c2c[nH]c3ccccc23)c1OC. The van der Waals surface area contributed by atoms with Crippen LogP contribution in [0, 0.1) is 6.92 Å². The van der Waals surface area contributed by atoms with Gasteiger partial charge < -0.3 is 24.3 Å². The van der Waals surface area contributed by atoms with Crippen LogP contribution in [0.15, 0.2) is 53.2 Å². The first-order valence-corrected chi connectivity index (χ1v) is 11.1. The molecule has 2 N–H and O–H groups in total. The number of nitrogens with one attached hydrogen (secondary N) is 2. The van der Waals surface area contributed by atoms with Crippen molar-refractivity contribution in [1.82, 2.24) is 15.5 Å². The largest absolute Gasteiger partial charge is 0.493 e. The highest BCUT2D eigenvalue weighted by Crippen LogP contribution is 2.40. The number of benzene rings is 2. The predicted molar refractivity (Wildman–Crippen MR) is 127 cm³/mol. The fourth-order valence-corrected chi connectivity index (χ4v) is 4.40. The molecule has 4 rings (SSSR count). The molecule has 0 saturated heterocycles. The Morgan fingerprint density at radius 3 is 2.70 bits per heavy atom. The van der Waals surface area contributed by atoms with Crippen molar-refractivity contribution in [1.29, 1.82) is 0 Å². The number of amides is 1. The molecule has 0 radical (unpaired) electrons. The molecule has 0 bridgehead atoms. The fraction of sp³-hybridized carbons (Fsp3) is 0.280. The summed E-state index contributed by atoms with van der Waals surface area (Å²) in [6, 6.07) is 13.9. The number of carbonyl (C=O) groups is 1. The summed E-state index contributed by atoms with van der Waals surface area (Å²) < 4.78 is 16.2. The second kappa shape index (κ2) is 10.0. The van der Waals surface area contributed by atoms with Crippen LogP contribution in [0.2, 0.25) is 5.22 Å². The summed E-state index contributed by atoms with van der Waals surface area (Å²) in [6.45, 7) is 2.20. The molecule has 0 fully saturated rings. The van der Waals surface area contributed by atoms with E-state index in [1.165, 1.54) is 0 Å². The second-order valence-corrected chi connectivity index (χ2v) is 8.09. The third-order valence-corrected chi connectivity index (χ3v) is 6.14. The molecule has 2 aromatic carbocycles. The Hall–Kier alpha value is -3.45. The van der Waals surface area contributed by atoms with Gasteiger partial charge in [0.25, 0.3) is 0 Å². The first kappa shape index (κ1) is 22.7. The zero-order valence-corrected chi connectivity index (χ0v) is 19.5. The van der Waals surface area contributed by atoms with Crippen LogP contribution in [0.5, 0.6) is 11.5 Å². The molecule has 2 aromatic heterocycles. The van der Waals surface area contributed by atoms with E-state index >= 15 is 0 Å². The van der Waals surface area contributed by atoms with Crippen molar-refractivity contribution in [3.63, 3.8) is 0 Å². The Morgan fingerprint density at radius 2 is 1.97 bits per heavy atom. The van der Waals surface area contributed by atoms with Crippen molar-refractivity contribution in [2.45, 2.75) is 25.7 Å². The Bertz CT molecular complexity index is 1240. The maximum absolute atomic E-state index is 12.7. The van der Waals surface area contributed by atoms with Crippen molar-refractivity contribution >= 4 is 28.4 Å². The average Bonchev–Trinajstić information content (AvgIpc) is 3.40. The van der Waals surface area contributed by atoms with E-state index in [4.69, 9.17) is 25.6 Å². The van der Waals surface area contributed by atoms with Crippen LogP contribution in [-0.4, -0.2) is 36.8 Å². The normalized spacial score (nSPS) is 12.0. The minimum atomic E-state index is -0.156. The van der Waals surface area contributed by atoms with Gasteiger partial charge in [0.15, 0.2) is 11.5 Å². The van der Waals surface area contributed by atoms with Gasteiger partial charge in [-0.2, -0.15) is 0 Å². The Labute approximate surface area is 197 Å². The van der Waals surface area contributed by atoms with Gasteiger partial charge in [0.05, 0.1) is 19.9 Å². The minimum absolute atomic E-state index is 0.0848. The van der Waals surface area contributed by atoms with Crippen LogP contribution in [0.4, 0.5) is 0 Å². The molecule has 33 heavy (non-hydrogen) atoms. The summed E-state index contributed by atoms with van der Waals surface area (Å²) in [4.78, 5) is 16.1. The monoisotopic (exact) mass is 467 g/mol. The maximum atomic E-state index is 12.7. The van der Waals surface area contributed by atoms with Crippen LogP contribution >= 0.6 is 11.6 Å². The number of para-hydroxylation sites is 2.